The molecule has 0 bridgehead atoms. The van der Waals surface area contributed by atoms with Gasteiger partial charge in [0.1, 0.15) is 10.3 Å². The lowest BCUT2D eigenvalue weighted by atomic mass is 9.83. The van der Waals surface area contributed by atoms with Crippen LogP contribution in [0.5, 0.6) is 0 Å². The molecule has 0 fully saturated rings. The molecule has 0 unspecified atom stereocenters. The van der Waals surface area contributed by atoms with E-state index in [2.05, 4.69) is 11.4 Å². The Morgan fingerprint density at radius 3 is 2.50 bits per heavy atom. The first-order valence-electron chi connectivity index (χ1n) is 6.34. The first-order chi connectivity index (χ1) is 9.45. The number of nitriles is 1. The fourth-order valence-corrected chi connectivity index (χ4v) is 2.78. The summed E-state index contributed by atoms with van der Waals surface area (Å²) in [6, 6.07) is 2.08. The highest BCUT2D eigenvalue weighted by atomic mass is 32.1. The quantitative estimate of drug-likeness (QED) is 0.846. The van der Waals surface area contributed by atoms with Crippen molar-refractivity contribution < 1.29 is 14.3 Å². The van der Waals surface area contributed by atoms with E-state index in [-0.39, 0.29) is 5.91 Å². The molecule has 1 amide bonds. The molecule has 0 spiro atoms. The molecule has 6 heteroatoms. The molecule has 1 aromatic rings. The highest BCUT2D eigenvalue weighted by Crippen LogP contribution is 2.32. The van der Waals surface area contributed by atoms with Crippen LogP contribution in [0.25, 0.3) is 0 Å². The predicted molar refractivity (Wildman–Crippen MR) is 77.7 cm³/mol. The molecule has 1 aromatic heterocycles. The Labute approximate surface area is 122 Å². The molecule has 0 saturated heterocycles. The van der Waals surface area contributed by atoms with Crippen LogP contribution < -0.4 is 5.32 Å². The number of aryl methyl sites for hydroxylation is 1. The third-order valence-corrected chi connectivity index (χ3v) is 4.52. The second-order valence-electron chi connectivity index (χ2n) is 4.47. The van der Waals surface area contributed by atoms with Crippen molar-refractivity contribution in [1.29, 1.82) is 5.26 Å². The van der Waals surface area contributed by atoms with Crippen LogP contribution in [0.2, 0.25) is 0 Å². The molecule has 0 saturated carbocycles. The molecule has 1 heterocycles. The Morgan fingerprint density at radius 1 is 1.45 bits per heavy atom. The molecule has 0 aliphatic carbocycles. The third kappa shape index (κ3) is 2.83. The summed E-state index contributed by atoms with van der Waals surface area (Å²) in [5.74, 6) is -0.870. The van der Waals surface area contributed by atoms with Gasteiger partial charge in [0.25, 0.3) is 0 Å². The van der Waals surface area contributed by atoms with Gasteiger partial charge < -0.3 is 10.1 Å². The topological polar surface area (TPSA) is 79.2 Å². The second kappa shape index (κ2) is 6.53. The molecule has 0 radical (unpaired) electrons. The van der Waals surface area contributed by atoms with Crippen LogP contribution in [0.1, 0.15) is 41.9 Å². The molecule has 0 aliphatic rings. The van der Waals surface area contributed by atoms with Gasteiger partial charge >= 0.3 is 5.97 Å². The molecule has 0 atom stereocenters. The zero-order valence-corrected chi connectivity index (χ0v) is 12.9. The summed E-state index contributed by atoms with van der Waals surface area (Å²) in [6.45, 7) is 5.40. The van der Waals surface area contributed by atoms with E-state index < -0.39 is 11.4 Å². The van der Waals surface area contributed by atoms with E-state index in [0.29, 0.717) is 23.4 Å². The minimum atomic E-state index is -1.07. The van der Waals surface area contributed by atoms with Crippen LogP contribution in [0, 0.1) is 23.7 Å². The van der Waals surface area contributed by atoms with E-state index >= 15 is 0 Å². The van der Waals surface area contributed by atoms with E-state index in [0.717, 1.165) is 5.56 Å². The number of methoxy groups -OCH3 is 1. The smallest absolute Gasteiger partial charge is 0.350 e. The second-order valence-corrected chi connectivity index (χ2v) is 5.35. The highest BCUT2D eigenvalue weighted by molar-refractivity contribution is 7.12. The maximum Gasteiger partial charge on any atom is 0.350 e. The van der Waals surface area contributed by atoms with Gasteiger partial charge in [0.15, 0.2) is 0 Å². The van der Waals surface area contributed by atoms with E-state index in [1.165, 1.54) is 18.4 Å². The van der Waals surface area contributed by atoms with Gasteiger partial charge in [-0.3, -0.25) is 4.79 Å². The summed E-state index contributed by atoms with van der Waals surface area (Å²) in [5.41, 5.74) is 0.151. The zero-order chi connectivity index (χ0) is 15.3. The van der Waals surface area contributed by atoms with E-state index in [9.17, 15) is 14.9 Å². The van der Waals surface area contributed by atoms with Gasteiger partial charge in [-0.15, -0.1) is 11.3 Å². The van der Waals surface area contributed by atoms with Crippen LogP contribution in [-0.4, -0.2) is 19.0 Å². The lowest BCUT2D eigenvalue weighted by Crippen LogP contribution is -2.34. The minimum Gasteiger partial charge on any atom is -0.465 e. The van der Waals surface area contributed by atoms with Crippen molar-refractivity contribution in [1.82, 2.24) is 0 Å². The minimum absolute atomic E-state index is 0.345. The van der Waals surface area contributed by atoms with Gasteiger partial charge in [-0.1, -0.05) is 13.8 Å². The molecular weight excluding hydrogens is 276 g/mol. The number of thiophene rings is 1. The first kappa shape index (κ1) is 16.2. The Kier molecular flexibility index (Phi) is 5.28. The van der Waals surface area contributed by atoms with Crippen molar-refractivity contribution in [2.24, 2.45) is 5.41 Å². The average molecular weight is 294 g/mol. The molecule has 20 heavy (non-hydrogen) atoms. The van der Waals surface area contributed by atoms with E-state index in [4.69, 9.17) is 4.74 Å². The lowest BCUT2D eigenvalue weighted by Gasteiger charge is -2.22. The molecule has 5 nitrogen and oxygen atoms in total. The zero-order valence-electron chi connectivity index (χ0n) is 12.1. The Morgan fingerprint density at radius 2 is 2.05 bits per heavy atom. The van der Waals surface area contributed by atoms with Crippen molar-refractivity contribution in [3.05, 3.63) is 15.8 Å². The van der Waals surface area contributed by atoms with Crippen LogP contribution in [-0.2, 0) is 9.53 Å². The van der Waals surface area contributed by atoms with Gasteiger partial charge in [0.05, 0.1) is 18.9 Å². The first-order valence-corrected chi connectivity index (χ1v) is 7.22. The predicted octanol–water partition coefficient (Wildman–Crippen LogP) is 3.11. The maximum absolute atomic E-state index is 12.4. The summed E-state index contributed by atoms with van der Waals surface area (Å²) in [4.78, 5) is 24.4. The van der Waals surface area contributed by atoms with Crippen molar-refractivity contribution in [2.75, 3.05) is 12.4 Å². The van der Waals surface area contributed by atoms with Crippen LogP contribution >= 0.6 is 11.3 Å². The normalized spacial score (nSPS) is 10.8. The number of carbonyl (C=O) groups excluding carboxylic acids is 2. The molecule has 0 aromatic carbocycles. The lowest BCUT2D eigenvalue weighted by molar-refractivity contribution is -0.123. The number of nitrogens with zero attached hydrogens (tertiary/aromatic N) is 1. The van der Waals surface area contributed by atoms with Gasteiger partial charge in [0.2, 0.25) is 5.91 Å². The number of esters is 1. The van der Waals surface area contributed by atoms with Crippen molar-refractivity contribution in [2.45, 2.75) is 33.6 Å². The van der Waals surface area contributed by atoms with Crippen molar-refractivity contribution >= 4 is 28.9 Å². The third-order valence-electron chi connectivity index (χ3n) is 3.44. The number of ether oxygens (including phenoxy) is 1. The van der Waals surface area contributed by atoms with Gasteiger partial charge in [0, 0.05) is 0 Å². The van der Waals surface area contributed by atoms with Crippen molar-refractivity contribution in [3.63, 3.8) is 0 Å². The average Bonchev–Trinajstić information content (AvgIpc) is 2.82. The fraction of sp³-hybridized carbons (Fsp3) is 0.500. The Balaban J connectivity index is 3.11. The van der Waals surface area contributed by atoms with Crippen LogP contribution in [0.3, 0.4) is 0 Å². The van der Waals surface area contributed by atoms with Crippen LogP contribution in [0.4, 0.5) is 5.69 Å². The van der Waals surface area contributed by atoms with Crippen molar-refractivity contribution in [3.8, 4) is 6.07 Å². The Bertz CT molecular complexity index is 553. The SMILES string of the molecule is CCC(C#N)(CC)C(=O)Nc1c(C)csc1C(=O)OC. The van der Waals surface area contributed by atoms with Gasteiger partial charge in [-0.05, 0) is 30.7 Å². The molecule has 1 N–H and O–H groups in total. The van der Waals surface area contributed by atoms with E-state index in [1.54, 1.807) is 26.2 Å². The summed E-state index contributed by atoms with van der Waals surface area (Å²) < 4.78 is 4.69. The van der Waals surface area contributed by atoms with Gasteiger partial charge in [-0.2, -0.15) is 5.26 Å². The number of hydrogen-bond acceptors (Lipinski definition) is 5. The summed E-state index contributed by atoms with van der Waals surface area (Å²) in [7, 11) is 1.29. The monoisotopic (exact) mass is 294 g/mol. The van der Waals surface area contributed by atoms with Crippen LogP contribution in [0.15, 0.2) is 5.38 Å². The highest BCUT2D eigenvalue weighted by Gasteiger charge is 2.36. The largest absolute Gasteiger partial charge is 0.465 e. The molecule has 108 valence electrons. The molecular formula is C14H18N2O3S. The summed E-state index contributed by atoms with van der Waals surface area (Å²) >= 11 is 1.21. The standard InChI is InChI=1S/C14H18N2O3S/c1-5-14(6-2,8-15)13(18)16-10-9(3)7-20-11(10)12(17)19-4/h7H,5-6H2,1-4H3,(H,16,18). The number of carbonyl (C=O) groups is 2. The summed E-state index contributed by atoms with van der Waals surface area (Å²) in [6.07, 6.45) is 0.838. The number of anilines is 1. The fourth-order valence-electron chi connectivity index (χ4n) is 1.86. The molecule has 1 rings (SSSR count). The number of hydrogen-bond donors (Lipinski definition) is 1. The number of nitrogens with one attached hydrogen (secondary N) is 1. The van der Waals surface area contributed by atoms with Gasteiger partial charge in [-0.25, -0.2) is 4.79 Å². The maximum atomic E-state index is 12.4. The number of amides is 1. The molecule has 0 aliphatic heterocycles. The van der Waals surface area contributed by atoms with E-state index in [1.807, 2.05) is 0 Å². The Hall–Kier alpha value is -1.87. The summed E-state index contributed by atoms with van der Waals surface area (Å²) in [5, 5.41) is 13.8. The number of rotatable bonds is 5.